The van der Waals surface area contributed by atoms with Crippen molar-refractivity contribution in [1.82, 2.24) is 31.2 Å². The van der Waals surface area contributed by atoms with Gasteiger partial charge in [-0.3, -0.25) is 24.2 Å². The predicted molar refractivity (Wildman–Crippen MR) is 167 cm³/mol. The van der Waals surface area contributed by atoms with Crippen molar-refractivity contribution < 1.29 is 28.7 Å². The molecule has 3 aromatic rings. The van der Waals surface area contributed by atoms with Crippen molar-refractivity contribution in [3.63, 3.8) is 0 Å². The molecule has 0 bridgehead atoms. The number of amides is 4. The highest BCUT2D eigenvalue weighted by Gasteiger charge is 2.34. The van der Waals surface area contributed by atoms with E-state index in [0.717, 1.165) is 22.8 Å². The van der Waals surface area contributed by atoms with Crippen LogP contribution in [0.3, 0.4) is 0 Å². The van der Waals surface area contributed by atoms with E-state index in [1.54, 1.807) is 0 Å². The molecule has 2 aromatic carbocycles. The molecule has 4 atom stereocenters. The Labute approximate surface area is 262 Å². The molecule has 1 aliphatic heterocycles. The fourth-order valence-electron chi connectivity index (χ4n) is 5.50. The monoisotopic (exact) mass is 616 g/mol. The number of benzene rings is 2. The highest BCUT2D eigenvalue weighted by Crippen LogP contribution is 2.21. The van der Waals surface area contributed by atoms with Gasteiger partial charge in [-0.1, -0.05) is 56.3 Å². The first-order valence-corrected chi connectivity index (χ1v) is 15.2. The lowest BCUT2D eigenvalue weighted by atomic mass is 9.91. The number of nitrogens with one attached hydrogen (secondary N) is 4. The standard InChI is InChI=1S/C33H40N6O6/c1-20(2)16-25(30(41)39-27(33(44)45-3)18-23-11-7-13-36-29(23)40)37-31(42)26(38-32(43)28-19-34-14-15-35-28)17-22-10-6-9-21-8-4-5-12-24(21)22/h4-6,8-10,12,14-15,19-20,23,25-27H,7,11,13,16-18H2,1-3H3,(H,36,40)(H,37,42)(H,38,43)(H,39,41)/t23-,25-,26?,27-/m0/s1. The van der Waals surface area contributed by atoms with Gasteiger partial charge in [0.05, 0.1) is 13.3 Å². The first-order valence-electron chi connectivity index (χ1n) is 15.2. The molecule has 1 unspecified atom stereocenters. The van der Waals surface area contributed by atoms with Crippen molar-refractivity contribution in [3.8, 4) is 0 Å². The molecule has 1 fully saturated rings. The van der Waals surface area contributed by atoms with E-state index in [-0.39, 0.29) is 36.8 Å². The van der Waals surface area contributed by atoms with Crippen LogP contribution in [0, 0.1) is 11.8 Å². The molecule has 0 aliphatic carbocycles. The highest BCUT2D eigenvalue weighted by molar-refractivity contribution is 5.98. The summed E-state index contributed by atoms with van der Waals surface area (Å²) in [6, 6.07) is 10.3. The van der Waals surface area contributed by atoms with Gasteiger partial charge in [0.1, 0.15) is 23.8 Å². The van der Waals surface area contributed by atoms with Gasteiger partial charge in [0.15, 0.2) is 0 Å². The minimum atomic E-state index is -1.08. The number of aromatic nitrogens is 2. The molecule has 1 aliphatic rings. The van der Waals surface area contributed by atoms with Crippen LogP contribution < -0.4 is 21.3 Å². The van der Waals surface area contributed by atoms with Crippen molar-refractivity contribution in [2.45, 2.75) is 64.1 Å². The number of nitrogens with zero attached hydrogens (tertiary/aromatic N) is 2. The van der Waals surface area contributed by atoms with E-state index in [4.69, 9.17) is 4.74 Å². The maximum absolute atomic E-state index is 13.9. The first-order chi connectivity index (χ1) is 21.7. The summed E-state index contributed by atoms with van der Waals surface area (Å²) in [6.07, 6.45) is 5.94. The van der Waals surface area contributed by atoms with Gasteiger partial charge in [-0.2, -0.15) is 0 Å². The largest absolute Gasteiger partial charge is 0.467 e. The molecule has 45 heavy (non-hydrogen) atoms. The molecule has 2 heterocycles. The minimum Gasteiger partial charge on any atom is -0.467 e. The molecule has 4 amide bonds. The van der Waals surface area contributed by atoms with Crippen LogP contribution in [0.2, 0.25) is 0 Å². The van der Waals surface area contributed by atoms with Crippen LogP contribution in [-0.4, -0.2) is 71.3 Å². The number of piperidine rings is 1. The Kier molecular flexibility index (Phi) is 11.5. The highest BCUT2D eigenvalue weighted by atomic mass is 16.5. The molecule has 12 nitrogen and oxygen atoms in total. The Morgan fingerprint density at radius 2 is 1.69 bits per heavy atom. The van der Waals surface area contributed by atoms with E-state index in [1.165, 1.54) is 25.7 Å². The van der Waals surface area contributed by atoms with Gasteiger partial charge in [0.25, 0.3) is 5.91 Å². The molecule has 12 heteroatoms. The topological polar surface area (TPSA) is 168 Å². The van der Waals surface area contributed by atoms with Gasteiger partial charge in [-0.05, 0) is 47.9 Å². The van der Waals surface area contributed by atoms with Crippen LogP contribution >= 0.6 is 0 Å². The molecule has 1 aromatic heterocycles. The van der Waals surface area contributed by atoms with E-state index in [2.05, 4.69) is 31.2 Å². The normalized spacial score (nSPS) is 16.6. The molecule has 0 saturated carbocycles. The lowest BCUT2D eigenvalue weighted by Crippen LogP contribution is -2.57. The van der Waals surface area contributed by atoms with Crippen molar-refractivity contribution in [2.75, 3.05) is 13.7 Å². The summed E-state index contributed by atoms with van der Waals surface area (Å²) in [6.45, 7) is 4.38. The summed E-state index contributed by atoms with van der Waals surface area (Å²) in [5.74, 6) is -3.08. The maximum atomic E-state index is 13.9. The zero-order valence-corrected chi connectivity index (χ0v) is 25.7. The van der Waals surface area contributed by atoms with E-state index >= 15 is 0 Å². The number of ether oxygens (including phenoxy) is 1. The molecule has 0 radical (unpaired) electrons. The average Bonchev–Trinajstić information content (AvgIpc) is 3.04. The quantitative estimate of drug-likeness (QED) is 0.212. The smallest absolute Gasteiger partial charge is 0.328 e. The third-order valence-electron chi connectivity index (χ3n) is 7.78. The number of hydrogen-bond donors (Lipinski definition) is 4. The third-order valence-corrected chi connectivity index (χ3v) is 7.78. The van der Waals surface area contributed by atoms with Gasteiger partial charge in [0, 0.05) is 31.3 Å². The summed E-state index contributed by atoms with van der Waals surface area (Å²) in [5, 5.41) is 13.0. The first kappa shape index (κ1) is 33.0. The number of hydrogen-bond acceptors (Lipinski definition) is 8. The number of rotatable bonds is 13. The summed E-state index contributed by atoms with van der Waals surface area (Å²) in [4.78, 5) is 73.7. The molecular formula is C33H40N6O6. The zero-order chi connectivity index (χ0) is 32.3. The second-order valence-electron chi connectivity index (χ2n) is 11.6. The molecule has 0 spiro atoms. The SMILES string of the molecule is COC(=O)[C@H](C[C@@H]1CCCNC1=O)NC(=O)[C@H](CC(C)C)NC(=O)C(Cc1cccc2ccccc12)NC(=O)c1cnccn1. The fourth-order valence-corrected chi connectivity index (χ4v) is 5.50. The number of methoxy groups -OCH3 is 1. The summed E-state index contributed by atoms with van der Waals surface area (Å²) >= 11 is 0. The Balaban J connectivity index is 1.57. The van der Waals surface area contributed by atoms with Crippen molar-refractivity contribution in [2.24, 2.45) is 11.8 Å². The molecule has 4 rings (SSSR count). The van der Waals surface area contributed by atoms with Crippen LogP contribution in [0.1, 0.15) is 55.6 Å². The lowest BCUT2D eigenvalue weighted by Gasteiger charge is -2.28. The number of carbonyl (C=O) groups is 5. The van der Waals surface area contributed by atoms with Gasteiger partial charge < -0.3 is 26.0 Å². The van der Waals surface area contributed by atoms with E-state index in [1.807, 2.05) is 56.3 Å². The molecule has 238 valence electrons. The summed E-state index contributed by atoms with van der Waals surface area (Å²) < 4.78 is 4.93. The average molecular weight is 617 g/mol. The molecule has 4 N–H and O–H groups in total. The minimum absolute atomic E-state index is 0.00699. The van der Waals surface area contributed by atoms with Crippen LogP contribution in [0.25, 0.3) is 10.8 Å². The molecular weight excluding hydrogens is 576 g/mol. The van der Waals surface area contributed by atoms with Crippen LogP contribution in [-0.2, 0) is 30.3 Å². The summed E-state index contributed by atoms with van der Waals surface area (Å²) in [5.41, 5.74) is 0.867. The van der Waals surface area contributed by atoms with Crippen molar-refractivity contribution in [3.05, 3.63) is 72.3 Å². The number of carbonyl (C=O) groups excluding carboxylic acids is 5. The predicted octanol–water partition coefficient (Wildman–Crippen LogP) is 2.08. The van der Waals surface area contributed by atoms with Gasteiger partial charge in [0.2, 0.25) is 17.7 Å². The second kappa shape index (κ2) is 15.7. The van der Waals surface area contributed by atoms with E-state index in [0.29, 0.717) is 13.0 Å². The van der Waals surface area contributed by atoms with Gasteiger partial charge >= 0.3 is 5.97 Å². The van der Waals surface area contributed by atoms with E-state index in [9.17, 15) is 24.0 Å². The van der Waals surface area contributed by atoms with Crippen molar-refractivity contribution in [1.29, 1.82) is 0 Å². The van der Waals surface area contributed by atoms with Gasteiger partial charge in [-0.15, -0.1) is 0 Å². The third kappa shape index (κ3) is 9.07. The number of esters is 1. The van der Waals surface area contributed by atoms with Crippen LogP contribution in [0.4, 0.5) is 0 Å². The van der Waals surface area contributed by atoms with E-state index < -0.39 is 47.7 Å². The number of fused-ring (bicyclic) bond motifs is 1. The summed E-state index contributed by atoms with van der Waals surface area (Å²) in [7, 11) is 1.22. The fraction of sp³-hybridized carbons (Fsp3) is 0.424. The zero-order valence-electron chi connectivity index (χ0n) is 25.7. The molecule has 1 saturated heterocycles. The Morgan fingerprint density at radius 1 is 0.956 bits per heavy atom. The Morgan fingerprint density at radius 3 is 2.40 bits per heavy atom. The Hall–Kier alpha value is -4.87. The maximum Gasteiger partial charge on any atom is 0.328 e. The lowest BCUT2D eigenvalue weighted by molar-refractivity contribution is -0.146. The van der Waals surface area contributed by atoms with Crippen molar-refractivity contribution >= 4 is 40.4 Å². The van der Waals surface area contributed by atoms with Crippen LogP contribution in [0.15, 0.2) is 61.1 Å². The van der Waals surface area contributed by atoms with Crippen LogP contribution in [0.5, 0.6) is 0 Å². The second-order valence-corrected chi connectivity index (χ2v) is 11.6. The van der Waals surface area contributed by atoms with Gasteiger partial charge in [-0.25, -0.2) is 9.78 Å². The Bertz CT molecular complexity index is 1510.